The summed E-state index contributed by atoms with van der Waals surface area (Å²) < 4.78 is 18.6. The van der Waals surface area contributed by atoms with Crippen molar-refractivity contribution >= 4 is 34.8 Å². The number of ether oxygens (including phenoxy) is 1. The highest BCUT2D eigenvalue weighted by Crippen LogP contribution is 2.23. The number of nitrogens with zero attached hydrogens (tertiary/aromatic N) is 1. The van der Waals surface area contributed by atoms with Crippen molar-refractivity contribution in [2.24, 2.45) is 5.92 Å². The van der Waals surface area contributed by atoms with Crippen LogP contribution in [0.15, 0.2) is 35.7 Å². The number of carbonyl (C=O) groups is 3. The normalized spacial score (nSPS) is 16.7. The molecule has 6 nitrogen and oxygen atoms in total. The van der Waals surface area contributed by atoms with E-state index in [1.165, 1.54) is 30.6 Å². The monoisotopic (exact) mass is 390 g/mol. The number of rotatable bonds is 4. The van der Waals surface area contributed by atoms with Crippen LogP contribution in [0.3, 0.4) is 0 Å². The highest BCUT2D eigenvalue weighted by atomic mass is 32.1. The molecule has 2 aromatic rings. The Morgan fingerprint density at radius 3 is 2.81 bits per heavy atom. The maximum Gasteiger partial charge on any atom is 0.337 e. The second kappa shape index (κ2) is 8.30. The summed E-state index contributed by atoms with van der Waals surface area (Å²) in [5.74, 6) is -2.17. The van der Waals surface area contributed by atoms with Crippen molar-refractivity contribution in [2.45, 2.75) is 12.8 Å². The third-order valence-corrected chi connectivity index (χ3v) is 5.31. The van der Waals surface area contributed by atoms with Crippen LogP contribution >= 0.6 is 11.3 Å². The lowest BCUT2D eigenvalue weighted by Gasteiger charge is -2.31. The molecule has 1 aromatic carbocycles. The zero-order chi connectivity index (χ0) is 19.4. The maximum atomic E-state index is 14.0. The fourth-order valence-corrected chi connectivity index (χ4v) is 3.72. The number of thiophene rings is 1. The van der Waals surface area contributed by atoms with E-state index in [1.54, 1.807) is 11.0 Å². The lowest BCUT2D eigenvalue weighted by atomic mass is 9.96. The zero-order valence-corrected chi connectivity index (χ0v) is 15.6. The van der Waals surface area contributed by atoms with Gasteiger partial charge in [-0.2, -0.15) is 0 Å². The molecule has 1 saturated heterocycles. The van der Waals surface area contributed by atoms with E-state index in [1.807, 2.05) is 11.4 Å². The van der Waals surface area contributed by atoms with Gasteiger partial charge in [-0.25, -0.2) is 9.18 Å². The van der Waals surface area contributed by atoms with Crippen LogP contribution in [-0.4, -0.2) is 42.9 Å². The van der Waals surface area contributed by atoms with Crippen molar-refractivity contribution in [3.05, 3.63) is 52.0 Å². The summed E-state index contributed by atoms with van der Waals surface area (Å²) in [4.78, 5) is 39.0. The predicted molar refractivity (Wildman–Crippen MR) is 99.3 cm³/mol. The average molecular weight is 390 g/mol. The first-order chi connectivity index (χ1) is 13.0. The predicted octanol–water partition coefficient (Wildman–Crippen LogP) is 3.16. The Morgan fingerprint density at radius 1 is 1.30 bits per heavy atom. The van der Waals surface area contributed by atoms with Crippen LogP contribution in [-0.2, 0) is 9.53 Å². The molecule has 0 radical (unpaired) electrons. The highest BCUT2D eigenvalue weighted by Gasteiger charge is 2.29. The van der Waals surface area contributed by atoms with Crippen molar-refractivity contribution in [3.8, 4) is 0 Å². The summed E-state index contributed by atoms with van der Waals surface area (Å²) in [6.45, 7) is 0.869. The van der Waals surface area contributed by atoms with Gasteiger partial charge in [0.1, 0.15) is 5.82 Å². The van der Waals surface area contributed by atoms with Crippen LogP contribution in [0, 0.1) is 11.7 Å². The van der Waals surface area contributed by atoms with Crippen LogP contribution in [0.4, 0.5) is 10.1 Å². The smallest absolute Gasteiger partial charge is 0.337 e. The molecule has 1 unspecified atom stereocenters. The zero-order valence-electron chi connectivity index (χ0n) is 14.7. The molecule has 1 aliphatic rings. The highest BCUT2D eigenvalue weighted by molar-refractivity contribution is 7.12. The molecule has 1 fully saturated rings. The Hall–Kier alpha value is -2.74. The summed E-state index contributed by atoms with van der Waals surface area (Å²) >= 11 is 1.36. The molecule has 2 heterocycles. The maximum absolute atomic E-state index is 14.0. The summed E-state index contributed by atoms with van der Waals surface area (Å²) in [7, 11) is 1.23. The molecule has 27 heavy (non-hydrogen) atoms. The molecule has 0 aliphatic carbocycles. The van der Waals surface area contributed by atoms with Crippen LogP contribution in [0.1, 0.15) is 32.9 Å². The van der Waals surface area contributed by atoms with Crippen molar-refractivity contribution < 1.29 is 23.5 Å². The van der Waals surface area contributed by atoms with E-state index in [4.69, 9.17) is 0 Å². The van der Waals surface area contributed by atoms with Crippen LogP contribution in [0.5, 0.6) is 0 Å². The third-order valence-electron chi connectivity index (χ3n) is 4.46. The van der Waals surface area contributed by atoms with Crippen LogP contribution < -0.4 is 5.32 Å². The SMILES string of the molecule is COC(=O)c1ccc(F)c(NC(=O)C2CCCN(C(=O)c3cccs3)C2)c1. The molecule has 0 spiro atoms. The molecule has 0 bridgehead atoms. The molecule has 1 aliphatic heterocycles. The van der Waals surface area contributed by atoms with Gasteiger partial charge < -0.3 is 15.0 Å². The van der Waals surface area contributed by atoms with Crippen molar-refractivity contribution in [1.82, 2.24) is 4.90 Å². The molecule has 1 aromatic heterocycles. The molecular formula is C19H19FN2O4S. The first-order valence-electron chi connectivity index (χ1n) is 8.51. The number of likely N-dealkylation sites (tertiary alicyclic amines) is 1. The summed E-state index contributed by atoms with van der Waals surface area (Å²) in [5, 5.41) is 4.37. The Kier molecular flexibility index (Phi) is 5.85. The van der Waals surface area contributed by atoms with Crippen molar-refractivity contribution in [2.75, 3.05) is 25.5 Å². The number of piperidine rings is 1. The second-order valence-corrected chi connectivity index (χ2v) is 7.19. The first-order valence-corrected chi connectivity index (χ1v) is 9.39. The number of anilines is 1. The minimum atomic E-state index is -0.640. The van der Waals surface area contributed by atoms with E-state index in [2.05, 4.69) is 10.1 Å². The number of carbonyl (C=O) groups excluding carboxylic acids is 3. The molecule has 3 rings (SSSR count). The van der Waals surface area contributed by atoms with Gasteiger partial charge in [-0.3, -0.25) is 9.59 Å². The summed E-state index contributed by atoms with van der Waals surface area (Å²) in [6, 6.07) is 7.21. The summed E-state index contributed by atoms with van der Waals surface area (Å²) in [6.07, 6.45) is 1.30. The molecule has 1 atom stereocenters. The first kappa shape index (κ1) is 19.0. The quantitative estimate of drug-likeness (QED) is 0.814. The molecule has 8 heteroatoms. The van der Waals surface area contributed by atoms with Crippen LogP contribution in [0.25, 0.3) is 0 Å². The standard InChI is InChI=1S/C19H19FN2O4S/c1-26-19(25)12-6-7-14(20)15(10-12)21-17(23)13-4-2-8-22(11-13)18(24)16-5-3-9-27-16/h3,5-7,9-10,13H,2,4,8,11H2,1H3,(H,21,23). The average Bonchev–Trinajstić information content (AvgIpc) is 3.23. The fraction of sp³-hybridized carbons (Fsp3) is 0.316. The van der Waals surface area contributed by atoms with Crippen molar-refractivity contribution in [1.29, 1.82) is 0 Å². The van der Waals surface area contributed by atoms with Crippen molar-refractivity contribution in [3.63, 3.8) is 0 Å². The topological polar surface area (TPSA) is 75.7 Å². The number of methoxy groups -OCH3 is 1. The number of hydrogen-bond acceptors (Lipinski definition) is 5. The number of esters is 1. The lowest BCUT2D eigenvalue weighted by molar-refractivity contribution is -0.121. The number of nitrogens with one attached hydrogen (secondary N) is 1. The number of amides is 2. The Labute approximate surface area is 159 Å². The van der Waals surface area contributed by atoms with Gasteiger partial charge in [0.25, 0.3) is 5.91 Å². The number of benzene rings is 1. The summed E-state index contributed by atoms with van der Waals surface area (Å²) in [5.41, 5.74) is 0.0666. The molecular weight excluding hydrogens is 371 g/mol. The van der Waals surface area contributed by atoms with Gasteiger partial charge in [0.2, 0.25) is 5.91 Å². The Balaban J connectivity index is 1.69. The van der Waals surface area contributed by atoms with E-state index in [0.717, 1.165) is 6.07 Å². The molecule has 1 N–H and O–H groups in total. The van der Waals surface area contributed by atoms with E-state index in [0.29, 0.717) is 24.3 Å². The Bertz CT molecular complexity index is 853. The number of halogens is 1. The van der Waals surface area contributed by atoms with Gasteiger partial charge in [0.15, 0.2) is 0 Å². The molecule has 2 amide bonds. The van der Waals surface area contributed by atoms with Gasteiger partial charge in [-0.15, -0.1) is 11.3 Å². The van der Waals surface area contributed by atoms with E-state index >= 15 is 0 Å². The third kappa shape index (κ3) is 4.33. The van der Waals surface area contributed by atoms with E-state index in [-0.39, 0.29) is 29.6 Å². The van der Waals surface area contributed by atoms with E-state index in [9.17, 15) is 18.8 Å². The molecule has 142 valence electrons. The van der Waals surface area contributed by atoms with Crippen LogP contribution in [0.2, 0.25) is 0 Å². The van der Waals surface area contributed by atoms with Gasteiger partial charge in [-0.1, -0.05) is 6.07 Å². The largest absolute Gasteiger partial charge is 0.465 e. The van der Waals surface area contributed by atoms with Gasteiger partial charge in [-0.05, 0) is 42.5 Å². The second-order valence-electron chi connectivity index (χ2n) is 6.24. The minimum Gasteiger partial charge on any atom is -0.465 e. The molecule has 0 saturated carbocycles. The minimum absolute atomic E-state index is 0.0791. The number of hydrogen-bond donors (Lipinski definition) is 1. The van der Waals surface area contributed by atoms with Gasteiger partial charge >= 0.3 is 5.97 Å². The van der Waals surface area contributed by atoms with E-state index < -0.39 is 17.7 Å². The lowest BCUT2D eigenvalue weighted by Crippen LogP contribution is -2.43. The van der Waals surface area contributed by atoms with Gasteiger partial charge in [0.05, 0.1) is 29.2 Å². The van der Waals surface area contributed by atoms with Gasteiger partial charge in [0, 0.05) is 13.1 Å². The Morgan fingerprint density at radius 2 is 2.11 bits per heavy atom. The fourth-order valence-electron chi connectivity index (χ4n) is 3.03.